The molecule has 2 rings (SSSR count). The van der Waals surface area contributed by atoms with E-state index in [9.17, 15) is 4.79 Å². The van der Waals surface area contributed by atoms with Gasteiger partial charge in [0.05, 0.1) is 6.54 Å². The quantitative estimate of drug-likeness (QED) is 0.812. The Bertz CT molecular complexity index is 296. The molecule has 0 aromatic rings. The van der Waals surface area contributed by atoms with Crippen molar-refractivity contribution in [3.05, 3.63) is 0 Å². The summed E-state index contributed by atoms with van der Waals surface area (Å²) in [4.78, 5) is 14.4. The topological polar surface area (TPSA) is 44.4 Å². The first-order chi connectivity index (χ1) is 9.05. The summed E-state index contributed by atoms with van der Waals surface area (Å²) in [7, 11) is 0. The largest absolute Gasteiger partial charge is 0.352 e. The van der Waals surface area contributed by atoms with Gasteiger partial charge in [-0.1, -0.05) is 20.3 Å². The molecule has 110 valence electrons. The minimum absolute atomic E-state index is 0.213. The normalized spacial score (nSPS) is 28.6. The molecule has 1 atom stereocenters. The summed E-state index contributed by atoms with van der Waals surface area (Å²) in [5.41, 5.74) is 0.392. The molecule has 0 aromatic heterocycles. The predicted molar refractivity (Wildman–Crippen MR) is 78.1 cm³/mol. The van der Waals surface area contributed by atoms with Crippen LogP contribution in [0.3, 0.4) is 0 Å². The number of amides is 1. The Morgan fingerprint density at radius 2 is 2.16 bits per heavy atom. The van der Waals surface area contributed by atoms with Crippen LogP contribution < -0.4 is 10.6 Å². The van der Waals surface area contributed by atoms with E-state index in [1.165, 1.54) is 12.8 Å². The van der Waals surface area contributed by atoms with Crippen molar-refractivity contribution in [1.82, 2.24) is 15.5 Å². The van der Waals surface area contributed by atoms with Gasteiger partial charge in [-0.2, -0.15) is 0 Å². The number of rotatable bonds is 3. The first-order valence-electron chi connectivity index (χ1n) is 7.78. The van der Waals surface area contributed by atoms with Crippen LogP contribution in [0, 0.1) is 5.41 Å². The molecule has 0 aromatic carbocycles. The molecule has 2 fully saturated rings. The number of hydrogen-bond acceptors (Lipinski definition) is 3. The molecule has 0 bridgehead atoms. The van der Waals surface area contributed by atoms with Crippen LogP contribution in [-0.4, -0.2) is 49.6 Å². The first kappa shape index (κ1) is 14.8. The minimum Gasteiger partial charge on any atom is -0.352 e. The molecule has 1 saturated carbocycles. The molecular weight excluding hydrogens is 238 g/mol. The van der Waals surface area contributed by atoms with Crippen molar-refractivity contribution >= 4 is 5.91 Å². The Hall–Kier alpha value is -0.610. The van der Waals surface area contributed by atoms with Gasteiger partial charge in [0.1, 0.15) is 0 Å². The van der Waals surface area contributed by atoms with E-state index in [-0.39, 0.29) is 5.91 Å². The van der Waals surface area contributed by atoms with E-state index >= 15 is 0 Å². The number of nitrogens with zero attached hydrogens (tertiary/aromatic N) is 1. The molecule has 1 saturated heterocycles. The maximum atomic E-state index is 12.1. The van der Waals surface area contributed by atoms with Crippen LogP contribution in [-0.2, 0) is 4.79 Å². The summed E-state index contributed by atoms with van der Waals surface area (Å²) >= 11 is 0. The summed E-state index contributed by atoms with van der Waals surface area (Å²) in [5, 5.41) is 6.61. The van der Waals surface area contributed by atoms with Crippen molar-refractivity contribution < 1.29 is 4.79 Å². The van der Waals surface area contributed by atoms with Crippen molar-refractivity contribution in [3.8, 4) is 0 Å². The van der Waals surface area contributed by atoms with Crippen LogP contribution in [0.4, 0.5) is 0 Å². The van der Waals surface area contributed by atoms with E-state index in [0.717, 1.165) is 45.4 Å². The van der Waals surface area contributed by atoms with Crippen molar-refractivity contribution in [2.24, 2.45) is 5.41 Å². The van der Waals surface area contributed by atoms with E-state index in [2.05, 4.69) is 29.4 Å². The average molecular weight is 267 g/mol. The zero-order valence-electron chi connectivity index (χ0n) is 12.5. The number of hydrogen-bond donors (Lipinski definition) is 2. The van der Waals surface area contributed by atoms with Crippen molar-refractivity contribution in [3.63, 3.8) is 0 Å². The van der Waals surface area contributed by atoms with Crippen LogP contribution in [0.1, 0.15) is 46.0 Å². The second-order valence-corrected chi connectivity index (χ2v) is 6.90. The molecule has 1 aliphatic heterocycles. The summed E-state index contributed by atoms with van der Waals surface area (Å²) in [5.74, 6) is 0.213. The fourth-order valence-electron chi connectivity index (χ4n) is 3.36. The van der Waals surface area contributed by atoms with Gasteiger partial charge in [0.15, 0.2) is 0 Å². The van der Waals surface area contributed by atoms with Crippen molar-refractivity contribution in [2.75, 3.05) is 32.7 Å². The van der Waals surface area contributed by atoms with Gasteiger partial charge in [-0.25, -0.2) is 0 Å². The molecule has 2 aliphatic rings. The summed E-state index contributed by atoms with van der Waals surface area (Å²) < 4.78 is 0. The van der Waals surface area contributed by atoms with Gasteiger partial charge >= 0.3 is 0 Å². The highest BCUT2D eigenvalue weighted by Gasteiger charge is 2.28. The number of carbonyl (C=O) groups excluding carboxylic acids is 1. The van der Waals surface area contributed by atoms with Gasteiger partial charge in [-0.05, 0) is 44.2 Å². The maximum Gasteiger partial charge on any atom is 0.234 e. The Morgan fingerprint density at radius 3 is 2.95 bits per heavy atom. The van der Waals surface area contributed by atoms with Gasteiger partial charge in [-0.15, -0.1) is 0 Å². The molecule has 1 amide bonds. The van der Waals surface area contributed by atoms with E-state index in [0.29, 0.717) is 18.0 Å². The Kier molecular flexibility index (Phi) is 5.22. The van der Waals surface area contributed by atoms with Gasteiger partial charge < -0.3 is 10.6 Å². The fourth-order valence-corrected chi connectivity index (χ4v) is 3.36. The lowest BCUT2D eigenvalue weighted by atomic mass is 9.75. The highest BCUT2D eigenvalue weighted by molar-refractivity contribution is 5.78. The third kappa shape index (κ3) is 5.11. The standard InChI is InChI=1S/C15H29N3O/c1-15(2)6-3-5-13(11-15)17-14(19)12-18-9-4-7-16-8-10-18/h13,16H,3-12H2,1-2H3,(H,17,19). The molecule has 0 spiro atoms. The fraction of sp³-hybridized carbons (Fsp3) is 0.933. The Labute approximate surface area is 117 Å². The van der Waals surface area contributed by atoms with E-state index < -0.39 is 0 Å². The number of nitrogens with one attached hydrogen (secondary N) is 2. The molecular formula is C15H29N3O. The molecule has 1 unspecified atom stereocenters. The summed E-state index contributed by atoms with van der Waals surface area (Å²) in [6.07, 6.45) is 5.95. The molecule has 2 N–H and O–H groups in total. The highest BCUT2D eigenvalue weighted by atomic mass is 16.2. The number of carbonyl (C=O) groups is 1. The second kappa shape index (κ2) is 6.71. The molecule has 19 heavy (non-hydrogen) atoms. The lowest BCUT2D eigenvalue weighted by molar-refractivity contribution is -0.123. The van der Waals surface area contributed by atoms with Crippen LogP contribution in [0.15, 0.2) is 0 Å². The summed E-state index contributed by atoms with van der Waals surface area (Å²) in [6, 6.07) is 0.390. The average Bonchev–Trinajstić information content (AvgIpc) is 2.56. The van der Waals surface area contributed by atoms with Gasteiger partial charge in [0, 0.05) is 19.1 Å². The molecule has 4 nitrogen and oxygen atoms in total. The van der Waals surface area contributed by atoms with Crippen LogP contribution >= 0.6 is 0 Å². The van der Waals surface area contributed by atoms with Crippen LogP contribution in [0.5, 0.6) is 0 Å². The third-order valence-electron chi connectivity index (χ3n) is 4.37. The first-order valence-corrected chi connectivity index (χ1v) is 7.78. The van der Waals surface area contributed by atoms with E-state index in [4.69, 9.17) is 0 Å². The molecule has 4 heteroatoms. The monoisotopic (exact) mass is 267 g/mol. The zero-order chi connectivity index (χ0) is 13.7. The highest BCUT2D eigenvalue weighted by Crippen LogP contribution is 2.34. The second-order valence-electron chi connectivity index (χ2n) is 6.90. The van der Waals surface area contributed by atoms with Crippen LogP contribution in [0.25, 0.3) is 0 Å². The van der Waals surface area contributed by atoms with E-state index in [1.54, 1.807) is 0 Å². The third-order valence-corrected chi connectivity index (χ3v) is 4.37. The molecule has 0 radical (unpaired) electrons. The summed E-state index contributed by atoms with van der Waals surface area (Å²) in [6.45, 7) is 9.30. The van der Waals surface area contributed by atoms with Gasteiger partial charge in [0.25, 0.3) is 0 Å². The van der Waals surface area contributed by atoms with Gasteiger partial charge in [0.2, 0.25) is 5.91 Å². The zero-order valence-corrected chi connectivity index (χ0v) is 12.5. The van der Waals surface area contributed by atoms with Crippen molar-refractivity contribution in [1.29, 1.82) is 0 Å². The van der Waals surface area contributed by atoms with E-state index in [1.807, 2.05) is 0 Å². The molecule has 1 heterocycles. The van der Waals surface area contributed by atoms with Crippen LogP contribution in [0.2, 0.25) is 0 Å². The Balaban J connectivity index is 1.74. The molecule has 1 aliphatic carbocycles. The van der Waals surface area contributed by atoms with Gasteiger partial charge in [-0.3, -0.25) is 9.69 Å². The lowest BCUT2D eigenvalue weighted by Gasteiger charge is -2.35. The lowest BCUT2D eigenvalue weighted by Crippen LogP contribution is -2.45. The maximum absolute atomic E-state index is 12.1. The minimum atomic E-state index is 0.213. The Morgan fingerprint density at radius 1 is 1.32 bits per heavy atom. The SMILES string of the molecule is CC1(C)CCCC(NC(=O)CN2CCCNCC2)C1. The predicted octanol–water partition coefficient (Wildman–Crippen LogP) is 1.37. The smallest absolute Gasteiger partial charge is 0.234 e. The van der Waals surface area contributed by atoms with Crippen molar-refractivity contribution in [2.45, 2.75) is 52.0 Å².